The molecule has 0 saturated heterocycles. The number of ether oxygens (including phenoxy) is 3. The number of pyridine rings is 1. The maximum Gasteiger partial charge on any atom is 0.248 e. The van der Waals surface area contributed by atoms with E-state index in [0.29, 0.717) is 34.3 Å². The second kappa shape index (κ2) is 15.6. The van der Waals surface area contributed by atoms with Crippen LogP contribution in [0.1, 0.15) is 63.0 Å². The Hall–Kier alpha value is -4.60. The smallest absolute Gasteiger partial charge is 0.248 e. The van der Waals surface area contributed by atoms with Gasteiger partial charge in [0, 0.05) is 43.3 Å². The minimum atomic E-state index is -0.987. The highest BCUT2D eigenvalue weighted by molar-refractivity contribution is 6.02. The van der Waals surface area contributed by atoms with Crippen molar-refractivity contribution in [3.8, 4) is 17.2 Å². The van der Waals surface area contributed by atoms with Gasteiger partial charge in [0.05, 0.1) is 27.0 Å². The summed E-state index contributed by atoms with van der Waals surface area (Å²) in [5.74, 6) is 1.19. The van der Waals surface area contributed by atoms with Crippen molar-refractivity contribution in [2.24, 2.45) is 0 Å². The van der Waals surface area contributed by atoms with E-state index in [2.05, 4.69) is 15.6 Å². The number of nitrogens with zero attached hydrogens (tertiary/aromatic N) is 2. The molecule has 3 amide bonds. The number of carbonyl (C=O) groups excluding carboxylic acids is 3. The van der Waals surface area contributed by atoms with Crippen LogP contribution in [0.25, 0.3) is 0 Å². The Kier molecular flexibility index (Phi) is 11.4. The number of methoxy groups -OCH3 is 3. The zero-order chi connectivity index (χ0) is 30.6. The zero-order valence-electron chi connectivity index (χ0n) is 25.0. The van der Waals surface area contributed by atoms with Gasteiger partial charge in [0.25, 0.3) is 0 Å². The third-order valence-corrected chi connectivity index (χ3v) is 7.50. The van der Waals surface area contributed by atoms with Gasteiger partial charge >= 0.3 is 0 Å². The lowest BCUT2D eigenvalue weighted by molar-refractivity contribution is -0.127. The van der Waals surface area contributed by atoms with Gasteiger partial charge in [-0.15, -0.1) is 0 Å². The fraction of sp³-hybridized carbons (Fsp3) is 0.394. The lowest BCUT2D eigenvalue weighted by Gasteiger charge is -2.34. The molecule has 0 radical (unpaired) electrons. The van der Waals surface area contributed by atoms with Gasteiger partial charge in [0.2, 0.25) is 17.7 Å². The Morgan fingerprint density at radius 2 is 1.53 bits per heavy atom. The van der Waals surface area contributed by atoms with Crippen molar-refractivity contribution < 1.29 is 28.6 Å². The van der Waals surface area contributed by atoms with Gasteiger partial charge in [-0.05, 0) is 49.1 Å². The number of rotatable bonds is 13. The van der Waals surface area contributed by atoms with Crippen molar-refractivity contribution in [2.75, 3.05) is 31.5 Å². The highest BCUT2D eigenvalue weighted by atomic mass is 16.5. The van der Waals surface area contributed by atoms with Crippen molar-refractivity contribution in [1.29, 1.82) is 0 Å². The van der Waals surface area contributed by atoms with Crippen LogP contribution in [-0.4, -0.2) is 50.1 Å². The molecule has 0 bridgehead atoms. The molecule has 0 unspecified atom stereocenters. The molecule has 1 heterocycles. The molecule has 0 spiro atoms. The monoisotopic (exact) mass is 588 g/mol. The Bertz CT molecular complexity index is 1340. The van der Waals surface area contributed by atoms with E-state index in [-0.39, 0.29) is 43.0 Å². The summed E-state index contributed by atoms with van der Waals surface area (Å²) in [5, 5.41) is 5.96. The van der Waals surface area contributed by atoms with Crippen molar-refractivity contribution >= 4 is 29.2 Å². The Morgan fingerprint density at radius 1 is 0.860 bits per heavy atom. The molecule has 3 aromatic rings. The van der Waals surface area contributed by atoms with Gasteiger partial charge in [0.1, 0.15) is 29.1 Å². The number of aromatic nitrogens is 1. The van der Waals surface area contributed by atoms with Crippen LogP contribution in [-0.2, 0) is 14.4 Å². The number of hydrogen-bond acceptors (Lipinski definition) is 7. The first-order valence-electron chi connectivity index (χ1n) is 14.6. The molecule has 1 saturated carbocycles. The molecule has 10 nitrogen and oxygen atoms in total. The van der Waals surface area contributed by atoms with Gasteiger partial charge in [-0.25, -0.2) is 4.98 Å². The first kappa shape index (κ1) is 31.3. The van der Waals surface area contributed by atoms with Gasteiger partial charge in [-0.3, -0.25) is 19.3 Å². The number of amides is 3. The minimum Gasteiger partial charge on any atom is -0.497 e. The summed E-state index contributed by atoms with van der Waals surface area (Å²) in [6, 6.07) is 16.5. The average molecular weight is 589 g/mol. The summed E-state index contributed by atoms with van der Waals surface area (Å²) >= 11 is 0. The Labute approximate surface area is 252 Å². The number of anilines is 2. The molecule has 0 aliphatic heterocycles. The van der Waals surface area contributed by atoms with Crippen LogP contribution >= 0.6 is 0 Å². The van der Waals surface area contributed by atoms with Crippen LogP contribution in [0.2, 0.25) is 0 Å². The summed E-state index contributed by atoms with van der Waals surface area (Å²) < 4.78 is 16.3. The van der Waals surface area contributed by atoms with Crippen LogP contribution in [0.15, 0.2) is 66.9 Å². The van der Waals surface area contributed by atoms with Crippen molar-refractivity contribution in [2.45, 2.75) is 63.5 Å². The Balaban J connectivity index is 1.66. The second-order valence-corrected chi connectivity index (χ2v) is 10.5. The maximum absolute atomic E-state index is 14.1. The fourth-order valence-corrected chi connectivity index (χ4v) is 5.26. The first-order valence-corrected chi connectivity index (χ1v) is 14.6. The molecular formula is C33H40N4O6. The SMILES string of the molecule is COc1ccc([C@H](C(=O)NC2CCCCC2)N(C(=O)CCCC(=O)Nc2ccccn2)c2cc(OC)cc(OC)c2)cc1. The van der Waals surface area contributed by atoms with Crippen molar-refractivity contribution in [3.05, 3.63) is 72.4 Å². The molecule has 1 atom stereocenters. The molecule has 1 fully saturated rings. The maximum atomic E-state index is 14.1. The van der Waals surface area contributed by atoms with E-state index < -0.39 is 6.04 Å². The molecule has 4 rings (SSSR count). The lowest BCUT2D eigenvalue weighted by Crippen LogP contribution is -2.47. The number of hydrogen-bond donors (Lipinski definition) is 2. The third-order valence-electron chi connectivity index (χ3n) is 7.50. The molecule has 2 aromatic carbocycles. The van der Waals surface area contributed by atoms with E-state index in [0.717, 1.165) is 32.1 Å². The molecule has 1 aliphatic carbocycles. The molecule has 228 valence electrons. The van der Waals surface area contributed by atoms with E-state index in [9.17, 15) is 14.4 Å². The topological polar surface area (TPSA) is 119 Å². The van der Waals surface area contributed by atoms with Gasteiger partial charge in [-0.2, -0.15) is 0 Å². The van der Waals surface area contributed by atoms with Gasteiger partial charge in [-0.1, -0.05) is 37.5 Å². The highest BCUT2D eigenvalue weighted by Crippen LogP contribution is 2.35. The third kappa shape index (κ3) is 8.70. The number of nitrogens with one attached hydrogen (secondary N) is 2. The lowest BCUT2D eigenvalue weighted by atomic mass is 9.94. The quantitative estimate of drug-likeness (QED) is 0.273. The van der Waals surface area contributed by atoms with Crippen LogP contribution in [0.5, 0.6) is 17.2 Å². The molecule has 10 heteroatoms. The van der Waals surface area contributed by atoms with Crippen LogP contribution < -0.4 is 29.7 Å². The van der Waals surface area contributed by atoms with Crippen LogP contribution in [0, 0.1) is 0 Å². The van der Waals surface area contributed by atoms with Crippen LogP contribution in [0.4, 0.5) is 11.5 Å². The van der Waals surface area contributed by atoms with E-state index >= 15 is 0 Å². The predicted molar refractivity (Wildman–Crippen MR) is 165 cm³/mol. The summed E-state index contributed by atoms with van der Waals surface area (Å²) in [4.78, 5) is 46.4. The first-order chi connectivity index (χ1) is 20.9. The molecule has 1 aliphatic rings. The fourth-order valence-electron chi connectivity index (χ4n) is 5.26. The van der Waals surface area contributed by atoms with E-state index in [4.69, 9.17) is 14.2 Å². The van der Waals surface area contributed by atoms with Crippen molar-refractivity contribution in [3.63, 3.8) is 0 Å². The number of carbonyl (C=O) groups is 3. The summed E-state index contributed by atoms with van der Waals surface area (Å²) in [6.07, 6.45) is 7.05. The molecule has 43 heavy (non-hydrogen) atoms. The van der Waals surface area contributed by atoms with Crippen LogP contribution in [0.3, 0.4) is 0 Å². The summed E-state index contributed by atoms with van der Waals surface area (Å²) in [5.41, 5.74) is 1.07. The highest BCUT2D eigenvalue weighted by Gasteiger charge is 2.34. The second-order valence-electron chi connectivity index (χ2n) is 10.5. The van der Waals surface area contributed by atoms with E-state index in [1.807, 2.05) is 0 Å². The zero-order valence-corrected chi connectivity index (χ0v) is 25.0. The van der Waals surface area contributed by atoms with Gasteiger partial charge in [0.15, 0.2) is 0 Å². The largest absolute Gasteiger partial charge is 0.497 e. The molecular weight excluding hydrogens is 548 g/mol. The van der Waals surface area contributed by atoms with Crippen molar-refractivity contribution in [1.82, 2.24) is 10.3 Å². The summed E-state index contributed by atoms with van der Waals surface area (Å²) in [7, 11) is 4.63. The predicted octanol–water partition coefficient (Wildman–Crippen LogP) is 5.44. The Morgan fingerprint density at radius 3 is 2.14 bits per heavy atom. The number of benzene rings is 2. The normalized spacial score (nSPS) is 13.8. The minimum absolute atomic E-state index is 0.0263. The van der Waals surface area contributed by atoms with Gasteiger partial charge < -0.3 is 24.8 Å². The molecule has 1 aromatic heterocycles. The summed E-state index contributed by atoms with van der Waals surface area (Å²) in [6.45, 7) is 0. The average Bonchev–Trinajstić information content (AvgIpc) is 3.04. The van der Waals surface area contributed by atoms with E-state index in [1.54, 1.807) is 74.0 Å². The molecule has 2 N–H and O–H groups in total. The van der Waals surface area contributed by atoms with E-state index in [1.165, 1.54) is 19.1 Å². The standard InChI is InChI=1S/C33H40N4O6/c1-41-26-17-15-23(16-18-26)32(33(40)35-24-10-5-4-6-11-24)37(25-20-27(42-2)22-28(21-25)43-3)31(39)14-9-13-30(38)36-29-12-7-8-19-34-29/h7-8,12,15-22,24,32H,4-6,9-11,13-14H2,1-3H3,(H,35,40)(H,34,36,38)/t32-/m1/s1.